The van der Waals surface area contributed by atoms with Crippen molar-refractivity contribution in [1.29, 1.82) is 0 Å². The van der Waals surface area contributed by atoms with Gasteiger partial charge in [-0.05, 0) is 18.9 Å². The second-order valence-electron chi connectivity index (χ2n) is 6.35. The van der Waals surface area contributed by atoms with Gasteiger partial charge in [-0.2, -0.15) is 0 Å². The summed E-state index contributed by atoms with van der Waals surface area (Å²) >= 11 is 9.45. The summed E-state index contributed by atoms with van der Waals surface area (Å²) in [6.45, 7) is 1.58. The molecule has 2 aromatic heterocycles. The number of aromatic nitrogens is 2. The van der Waals surface area contributed by atoms with Crippen LogP contribution in [0.2, 0.25) is 5.02 Å². The first kappa shape index (κ1) is 17.6. The SMILES string of the molecule is O=C(Cc1csc(-c2ccccc2Cl)n1)N1CCCC(c2nccs2)C1. The monoisotopic (exact) mass is 403 g/mol. The molecule has 4 rings (SSSR count). The summed E-state index contributed by atoms with van der Waals surface area (Å²) in [4.78, 5) is 23.7. The maximum absolute atomic E-state index is 12.7. The van der Waals surface area contributed by atoms with Gasteiger partial charge in [-0.15, -0.1) is 22.7 Å². The summed E-state index contributed by atoms with van der Waals surface area (Å²) in [6, 6.07) is 7.66. The number of benzene rings is 1. The molecule has 3 heterocycles. The Bertz CT molecular complexity index is 894. The summed E-state index contributed by atoms with van der Waals surface area (Å²) in [5.74, 6) is 0.504. The number of hydrogen-bond acceptors (Lipinski definition) is 5. The van der Waals surface area contributed by atoms with Crippen LogP contribution in [-0.4, -0.2) is 33.9 Å². The van der Waals surface area contributed by atoms with Crippen molar-refractivity contribution in [3.05, 3.63) is 56.9 Å². The Morgan fingerprint density at radius 2 is 2.19 bits per heavy atom. The van der Waals surface area contributed by atoms with E-state index in [0.717, 1.165) is 47.2 Å². The molecule has 1 aliphatic heterocycles. The molecular formula is C19H18ClN3OS2. The zero-order valence-corrected chi connectivity index (χ0v) is 16.5. The second kappa shape index (κ2) is 7.86. The first-order valence-corrected chi connectivity index (χ1v) is 10.7. The van der Waals surface area contributed by atoms with E-state index in [1.54, 1.807) is 11.3 Å². The normalized spacial score (nSPS) is 17.4. The van der Waals surface area contributed by atoms with Gasteiger partial charge in [-0.1, -0.05) is 29.8 Å². The Morgan fingerprint density at radius 3 is 3.00 bits per heavy atom. The molecule has 0 N–H and O–H groups in total. The van der Waals surface area contributed by atoms with Gasteiger partial charge in [-0.25, -0.2) is 9.97 Å². The summed E-state index contributed by atoms with van der Waals surface area (Å²) < 4.78 is 0. The minimum atomic E-state index is 0.141. The van der Waals surface area contributed by atoms with Crippen LogP contribution in [0.15, 0.2) is 41.2 Å². The smallest absolute Gasteiger partial charge is 0.228 e. The van der Waals surface area contributed by atoms with Crippen LogP contribution in [0, 0.1) is 0 Å². The van der Waals surface area contributed by atoms with E-state index >= 15 is 0 Å². The number of likely N-dealkylation sites (tertiary alicyclic amines) is 1. The van der Waals surface area contributed by atoms with E-state index in [4.69, 9.17) is 11.6 Å². The van der Waals surface area contributed by atoms with Crippen molar-refractivity contribution in [2.75, 3.05) is 13.1 Å². The lowest BCUT2D eigenvalue weighted by Gasteiger charge is -2.31. The van der Waals surface area contributed by atoms with E-state index in [2.05, 4.69) is 9.97 Å². The van der Waals surface area contributed by atoms with Crippen molar-refractivity contribution in [2.24, 2.45) is 0 Å². The number of halogens is 1. The molecule has 4 nitrogen and oxygen atoms in total. The first-order valence-electron chi connectivity index (χ1n) is 8.57. The second-order valence-corrected chi connectivity index (χ2v) is 8.54. The third-order valence-electron chi connectivity index (χ3n) is 4.56. The molecule has 1 amide bonds. The van der Waals surface area contributed by atoms with Gasteiger partial charge in [0.25, 0.3) is 0 Å². The number of thiazole rings is 2. The maximum Gasteiger partial charge on any atom is 0.228 e. The van der Waals surface area contributed by atoms with Gasteiger partial charge in [0, 0.05) is 41.5 Å². The molecule has 0 spiro atoms. The van der Waals surface area contributed by atoms with Crippen LogP contribution < -0.4 is 0 Å². The van der Waals surface area contributed by atoms with E-state index in [9.17, 15) is 4.79 Å². The lowest BCUT2D eigenvalue weighted by atomic mass is 9.98. The fourth-order valence-corrected chi connectivity index (χ4v) is 5.16. The largest absolute Gasteiger partial charge is 0.342 e. The highest BCUT2D eigenvalue weighted by atomic mass is 35.5. The van der Waals surface area contributed by atoms with E-state index in [1.807, 2.05) is 46.1 Å². The molecule has 1 saturated heterocycles. The van der Waals surface area contributed by atoms with Crippen LogP contribution in [-0.2, 0) is 11.2 Å². The van der Waals surface area contributed by atoms with Gasteiger partial charge in [0.2, 0.25) is 5.91 Å². The minimum Gasteiger partial charge on any atom is -0.342 e. The van der Waals surface area contributed by atoms with Crippen molar-refractivity contribution in [3.8, 4) is 10.6 Å². The first-order chi connectivity index (χ1) is 12.7. The molecule has 1 aromatic carbocycles. The zero-order chi connectivity index (χ0) is 17.9. The highest BCUT2D eigenvalue weighted by molar-refractivity contribution is 7.13. The topological polar surface area (TPSA) is 46.1 Å². The molecule has 1 aliphatic rings. The number of amides is 1. The van der Waals surface area contributed by atoms with Gasteiger partial charge in [0.15, 0.2) is 0 Å². The molecule has 134 valence electrons. The minimum absolute atomic E-state index is 0.141. The molecule has 1 fully saturated rings. The maximum atomic E-state index is 12.7. The van der Waals surface area contributed by atoms with Crippen molar-refractivity contribution in [3.63, 3.8) is 0 Å². The average Bonchev–Trinajstić information content (AvgIpc) is 3.34. The fraction of sp³-hybridized carbons (Fsp3) is 0.316. The Kier molecular flexibility index (Phi) is 5.33. The Hall–Kier alpha value is -1.76. The number of nitrogens with zero attached hydrogens (tertiary/aromatic N) is 3. The molecule has 26 heavy (non-hydrogen) atoms. The molecule has 0 aliphatic carbocycles. The quantitative estimate of drug-likeness (QED) is 0.624. The van der Waals surface area contributed by atoms with Crippen LogP contribution in [0.5, 0.6) is 0 Å². The van der Waals surface area contributed by atoms with Crippen LogP contribution in [0.4, 0.5) is 0 Å². The van der Waals surface area contributed by atoms with E-state index < -0.39 is 0 Å². The standard InChI is InChI=1S/C19H18ClN3OS2/c20-16-6-2-1-5-15(16)19-22-14(12-26-19)10-17(24)23-8-3-4-13(11-23)18-21-7-9-25-18/h1-2,5-7,9,12-13H,3-4,8,10-11H2. The van der Waals surface area contributed by atoms with Crippen molar-refractivity contribution in [2.45, 2.75) is 25.2 Å². The lowest BCUT2D eigenvalue weighted by Crippen LogP contribution is -2.40. The molecule has 0 saturated carbocycles. The molecular weight excluding hydrogens is 386 g/mol. The average molecular weight is 404 g/mol. The molecule has 0 bridgehead atoms. The van der Waals surface area contributed by atoms with Crippen molar-refractivity contribution >= 4 is 40.2 Å². The van der Waals surface area contributed by atoms with Gasteiger partial charge in [0.1, 0.15) is 5.01 Å². The van der Waals surface area contributed by atoms with Crippen molar-refractivity contribution < 1.29 is 4.79 Å². The highest BCUT2D eigenvalue weighted by Gasteiger charge is 2.26. The molecule has 1 atom stereocenters. The van der Waals surface area contributed by atoms with Crippen LogP contribution in [0.25, 0.3) is 10.6 Å². The molecule has 0 radical (unpaired) electrons. The number of carbonyl (C=O) groups excluding carboxylic acids is 1. The summed E-state index contributed by atoms with van der Waals surface area (Å²) in [7, 11) is 0. The van der Waals surface area contributed by atoms with Crippen LogP contribution in [0.1, 0.15) is 29.5 Å². The number of hydrogen-bond donors (Lipinski definition) is 0. The molecule has 3 aromatic rings. The Morgan fingerprint density at radius 1 is 1.31 bits per heavy atom. The summed E-state index contributed by atoms with van der Waals surface area (Å²) in [6.07, 6.45) is 4.31. The van der Waals surface area contributed by atoms with Crippen LogP contribution in [0.3, 0.4) is 0 Å². The van der Waals surface area contributed by atoms with Gasteiger partial charge in [0.05, 0.1) is 22.1 Å². The fourth-order valence-electron chi connectivity index (χ4n) is 3.25. The number of carbonyl (C=O) groups is 1. The Balaban J connectivity index is 1.43. The van der Waals surface area contributed by atoms with Crippen LogP contribution >= 0.6 is 34.3 Å². The highest BCUT2D eigenvalue weighted by Crippen LogP contribution is 2.31. The predicted molar refractivity (Wildman–Crippen MR) is 107 cm³/mol. The number of rotatable bonds is 4. The zero-order valence-electron chi connectivity index (χ0n) is 14.1. The van der Waals surface area contributed by atoms with Gasteiger partial charge < -0.3 is 4.90 Å². The van der Waals surface area contributed by atoms with E-state index in [-0.39, 0.29) is 5.91 Å². The van der Waals surface area contributed by atoms with E-state index in [0.29, 0.717) is 17.4 Å². The summed E-state index contributed by atoms with van der Waals surface area (Å²) in [5.41, 5.74) is 1.73. The van der Waals surface area contributed by atoms with Gasteiger partial charge >= 0.3 is 0 Å². The molecule has 1 unspecified atom stereocenters. The predicted octanol–water partition coefficient (Wildman–Crippen LogP) is 4.87. The summed E-state index contributed by atoms with van der Waals surface area (Å²) in [5, 5.41) is 6.64. The number of piperidine rings is 1. The third-order valence-corrected chi connectivity index (χ3v) is 6.76. The lowest BCUT2D eigenvalue weighted by molar-refractivity contribution is -0.131. The van der Waals surface area contributed by atoms with Crippen molar-refractivity contribution in [1.82, 2.24) is 14.9 Å². The Labute approximate surface area is 165 Å². The van der Waals surface area contributed by atoms with Gasteiger partial charge in [-0.3, -0.25) is 4.79 Å². The van der Waals surface area contributed by atoms with E-state index in [1.165, 1.54) is 11.3 Å². The third kappa shape index (κ3) is 3.82. The molecule has 7 heteroatoms.